The molecule has 0 bridgehead atoms. The number of sulfonamides is 1. The van der Waals surface area contributed by atoms with E-state index in [-0.39, 0.29) is 5.91 Å². The van der Waals surface area contributed by atoms with E-state index in [1.807, 2.05) is 31.1 Å². The van der Waals surface area contributed by atoms with Crippen molar-refractivity contribution in [1.82, 2.24) is 9.29 Å². The molecule has 2 heterocycles. The minimum absolute atomic E-state index is 0.226. The number of nitrogens with one attached hydrogen (secondary N) is 1. The molecule has 1 aromatic carbocycles. The summed E-state index contributed by atoms with van der Waals surface area (Å²) in [7, 11) is 0.663. The molecule has 0 saturated carbocycles. The van der Waals surface area contributed by atoms with Gasteiger partial charge in [-0.2, -0.15) is 4.31 Å². The summed E-state index contributed by atoms with van der Waals surface area (Å²) < 4.78 is 24.8. The Kier molecular flexibility index (Phi) is 4.81. The summed E-state index contributed by atoms with van der Waals surface area (Å²) in [6.45, 7) is 0.744. The average molecular weight is 380 g/mol. The maximum Gasteiger partial charge on any atom is 0.257 e. The van der Waals surface area contributed by atoms with Crippen molar-refractivity contribution in [1.29, 1.82) is 0 Å². The Morgan fingerprint density at radius 3 is 2.56 bits per heavy atom. The van der Waals surface area contributed by atoms with Gasteiger partial charge in [0.2, 0.25) is 10.0 Å². The summed E-state index contributed by atoms with van der Waals surface area (Å²) >= 11 is 1.33. The molecule has 7 nitrogen and oxygen atoms in total. The number of aromatic nitrogens is 1. The lowest BCUT2D eigenvalue weighted by Crippen LogP contribution is -2.34. The topological polar surface area (TPSA) is 82.6 Å². The lowest BCUT2D eigenvalue weighted by Gasteiger charge is -2.23. The van der Waals surface area contributed by atoms with Crippen molar-refractivity contribution in [2.24, 2.45) is 0 Å². The van der Waals surface area contributed by atoms with Crippen LogP contribution in [0.25, 0.3) is 0 Å². The first-order chi connectivity index (χ1) is 11.7. The molecule has 9 heteroatoms. The molecule has 0 radical (unpaired) electrons. The van der Waals surface area contributed by atoms with Crippen LogP contribution in [0, 0.1) is 0 Å². The molecular formula is C16H20N4O3S2. The van der Waals surface area contributed by atoms with Crippen LogP contribution in [0.4, 0.5) is 10.8 Å². The third-order valence-electron chi connectivity index (χ3n) is 4.03. The van der Waals surface area contributed by atoms with Crippen LogP contribution in [0.1, 0.15) is 20.9 Å². The van der Waals surface area contributed by atoms with Crippen LogP contribution in [0.15, 0.2) is 24.3 Å². The van der Waals surface area contributed by atoms with Gasteiger partial charge in [0.05, 0.1) is 11.9 Å². The van der Waals surface area contributed by atoms with Gasteiger partial charge >= 0.3 is 0 Å². The molecule has 2 aromatic rings. The minimum atomic E-state index is -3.22. The van der Waals surface area contributed by atoms with Crippen LogP contribution in [-0.4, -0.2) is 50.5 Å². The standard InChI is InChI=1S/C16H20N4O3S2/c1-19(2)12-6-4-11(5-7-12)15(21)18-16-17-13-8-9-20(25(3,22)23)10-14(13)24-16/h4-7H,8-10H2,1-3H3,(H,17,18,21). The highest BCUT2D eigenvalue weighted by Gasteiger charge is 2.26. The fraction of sp³-hybridized carbons (Fsp3) is 0.375. The molecule has 0 unspecified atom stereocenters. The lowest BCUT2D eigenvalue weighted by molar-refractivity contribution is 0.102. The predicted octanol–water partition coefficient (Wildman–Crippen LogP) is 1.78. The highest BCUT2D eigenvalue weighted by atomic mass is 32.2. The second kappa shape index (κ2) is 6.74. The van der Waals surface area contributed by atoms with E-state index < -0.39 is 10.0 Å². The van der Waals surface area contributed by atoms with Crippen molar-refractivity contribution in [3.05, 3.63) is 40.4 Å². The summed E-state index contributed by atoms with van der Waals surface area (Å²) in [6.07, 6.45) is 1.77. The average Bonchev–Trinajstić information content (AvgIpc) is 2.95. The van der Waals surface area contributed by atoms with Gasteiger partial charge in [-0.15, -0.1) is 11.3 Å². The second-order valence-electron chi connectivity index (χ2n) is 6.13. The fourth-order valence-electron chi connectivity index (χ4n) is 2.59. The lowest BCUT2D eigenvalue weighted by atomic mass is 10.2. The number of fused-ring (bicyclic) bond motifs is 1. The summed E-state index contributed by atoms with van der Waals surface area (Å²) in [6, 6.07) is 7.30. The number of thiazole rings is 1. The number of rotatable bonds is 4. The van der Waals surface area contributed by atoms with Crippen molar-refractivity contribution in [3.8, 4) is 0 Å². The van der Waals surface area contributed by atoms with Gasteiger partial charge in [0.25, 0.3) is 5.91 Å². The van der Waals surface area contributed by atoms with Crippen LogP contribution in [-0.2, 0) is 23.0 Å². The highest BCUT2D eigenvalue weighted by Crippen LogP contribution is 2.29. The third kappa shape index (κ3) is 4.00. The maximum atomic E-state index is 12.4. The van der Waals surface area contributed by atoms with Crippen LogP contribution < -0.4 is 10.2 Å². The zero-order valence-corrected chi connectivity index (χ0v) is 15.9. The number of hydrogen-bond acceptors (Lipinski definition) is 6. The summed E-state index contributed by atoms with van der Waals surface area (Å²) in [5.74, 6) is -0.226. The Morgan fingerprint density at radius 1 is 1.28 bits per heavy atom. The Morgan fingerprint density at radius 2 is 1.96 bits per heavy atom. The van der Waals surface area contributed by atoms with Crippen LogP contribution in [0.5, 0.6) is 0 Å². The molecule has 0 spiro atoms. The largest absolute Gasteiger partial charge is 0.378 e. The van der Waals surface area contributed by atoms with Crippen LogP contribution >= 0.6 is 11.3 Å². The highest BCUT2D eigenvalue weighted by molar-refractivity contribution is 7.88. The predicted molar refractivity (Wildman–Crippen MR) is 99.8 cm³/mol. The zero-order chi connectivity index (χ0) is 18.2. The molecular weight excluding hydrogens is 360 g/mol. The SMILES string of the molecule is CN(C)c1ccc(C(=O)Nc2nc3c(s2)CN(S(C)(=O)=O)CC3)cc1. The van der Waals surface area contributed by atoms with Crippen molar-refractivity contribution >= 4 is 38.1 Å². The molecule has 1 aromatic heterocycles. The van der Waals surface area contributed by atoms with E-state index in [4.69, 9.17) is 0 Å². The molecule has 1 aliphatic heterocycles. The molecule has 134 valence electrons. The molecule has 1 amide bonds. The quantitative estimate of drug-likeness (QED) is 0.874. The molecule has 0 fully saturated rings. The first kappa shape index (κ1) is 17.8. The number of benzene rings is 1. The Bertz CT molecular complexity index is 889. The van der Waals surface area contributed by atoms with E-state index in [1.165, 1.54) is 21.9 Å². The smallest absolute Gasteiger partial charge is 0.257 e. The molecule has 1 aliphatic rings. The summed E-state index contributed by atoms with van der Waals surface area (Å²) in [5.41, 5.74) is 2.43. The van der Waals surface area contributed by atoms with Crippen LogP contribution in [0.2, 0.25) is 0 Å². The molecule has 25 heavy (non-hydrogen) atoms. The summed E-state index contributed by atoms with van der Waals surface area (Å²) in [5, 5.41) is 3.31. The number of hydrogen-bond donors (Lipinski definition) is 1. The van der Waals surface area contributed by atoms with Gasteiger partial charge in [-0.25, -0.2) is 13.4 Å². The Balaban J connectivity index is 1.72. The van der Waals surface area contributed by atoms with Gasteiger partial charge in [-0.05, 0) is 24.3 Å². The monoisotopic (exact) mass is 380 g/mol. The summed E-state index contributed by atoms with van der Waals surface area (Å²) in [4.78, 5) is 19.6. The van der Waals surface area contributed by atoms with Crippen LogP contribution in [0.3, 0.4) is 0 Å². The Labute approximate surface area is 151 Å². The van der Waals surface area contributed by atoms with Gasteiger partial charge in [0, 0.05) is 49.7 Å². The number of carbonyl (C=O) groups excluding carboxylic acids is 1. The number of amides is 1. The van der Waals surface area contributed by atoms with Gasteiger partial charge in [0.15, 0.2) is 5.13 Å². The van der Waals surface area contributed by atoms with Gasteiger partial charge in [-0.3, -0.25) is 10.1 Å². The number of anilines is 2. The van der Waals surface area contributed by atoms with E-state index >= 15 is 0 Å². The molecule has 3 rings (SSSR count). The Hall–Kier alpha value is -1.97. The van der Waals surface area contributed by atoms with E-state index in [2.05, 4.69) is 10.3 Å². The van der Waals surface area contributed by atoms with E-state index in [0.29, 0.717) is 30.2 Å². The first-order valence-corrected chi connectivity index (χ1v) is 10.4. The maximum absolute atomic E-state index is 12.4. The zero-order valence-electron chi connectivity index (χ0n) is 14.3. The van der Waals surface area contributed by atoms with Gasteiger partial charge in [0.1, 0.15) is 0 Å². The minimum Gasteiger partial charge on any atom is -0.378 e. The first-order valence-electron chi connectivity index (χ1n) is 7.76. The van der Waals surface area contributed by atoms with Gasteiger partial charge < -0.3 is 4.90 Å². The van der Waals surface area contributed by atoms with E-state index in [1.54, 1.807) is 12.1 Å². The molecule has 0 aliphatic carbocycles. The van der Waals surface area contributed by atoms with Crippen molar-refractivity contribution in [2.75, 3.05) is 37.1 Å². The molecule has 1 N–H and O–H groups in total. The molecule has 0 saturated heterocycles. The molecule has 0 atom stereocenters. The number of nitrogens with zero attached hydrogens (tertiary/aromatic N) is 3. The van der Waals surface area contributed by atoms with Crippen molar-refractivity contribution in [2.45, 2.75) is 13.0 Å². The second-order valence-corrected chi connectivity index (χ2v) is 9.20. The normalized spacial score (nSPS) is 14.8. The van der Waals surface area contributed by atoms with E-state index in [0.717, 1.165) is 16.3 Å². The fourth-order valence-corrected chi connectivity index (χ4v) is 4.48. The van der Waals surface area contributed by atoms with E-state index in [9.17, 15) is 13.2 Å². The van der Waals surface area contributed by atoms with Crippen molar-refractivity contribution < 1.29 is 13.2 Å². The van der Waals surface area contributed by atoms with Crippen molar-refractivity contribution in [3.63, 3.8) is 0 Å². The third-order valence-corrected chi connectivity index (χ3v) is 6.28. The van der Waals surface area contributed by atoms with Gasteiger partial charge in [-0.1, -0.05) is 0 Å². The number of carbonyl (C=O) groups is 1.